The van der Waals surface area contributed by atoms with Crippen LogP contribution in [0, 0.1) is 0 Å². The number of pyridine rings is 4. The number of fused-ring (bicyclic) bond motifs is 2. The highest BCUT2D eigenvalue weighted by molar-refractivity contribution is 6.06. The Morgan fingerprint density at radius 1 is 0.671 bits per heavy atom. The number of alkyl halides is 6. The molecule has 0 aliphatic carbocycles. The number of nitrogens with one attached hydrogen (secondary N) is 1. The van der Waals surface area contributed by atoms with E-state index in [0.717, 1.165) is 67.9 Å². The van der Waals surface area contributed by atoms with E-state index in [1.54, 1.807) is 26.3 Å². The maximum Gasteiger partial charge on any atom is 0.417 e. The molecule has 2 aliphatic rings. The first kappa shape index (κ1) is 50.5. The van der Waals surface area contributed by atoms with E-state index in [1.807, 2.05) is 97.1 Å². The van der Waals surface area contributed by atoms with Gasteiger partial charge in [0, 0.05) is 62.1 Å². The third-order valence-electron chi connectivity index (χ3n) is 11.5. The SMILES string of the molecule is C.FC(F)(F)c1ccc(OC[C@@H]2CCCN2)nc1.O=C(c1c(-c2ccccc2)nn2ccccc12)N1CCC[C@H]1COc1ccc(C(F)(F)F)cn1.OC(O)c1c(-c2ccccc2)nn2ccccc12.[HH]. The molecular formula is C51H52F6N8O5. The molecule has 1 amide bonds. The summed E-state index contributed by atoms with van der Waals surface area (Å²) in [5.41, 5.74) is 3.68. The number of ether oxygens (including phenoxy) is 2. The van der Waals surface area contributed by atoms with Crippen molar-refractivity contribution in [3.8, 4) is 34.3 Å². The number of aromatic nitrogens is 6. The van der Waals surface area contributed by atoms with E-state index in [-0.39, 0.29) is 45.2 Å². The minimum absolute atomic E-state index is 0. The Bertz CT molecular complexity index is 2930. The van der Waals surface area contributed by atoms with Crippen LogP contribution in [0.25, 0.3) is 33.5 Å². The van der Waals surface area contributed by atoms with Crippen LogP contribution >= 0.6 is 0 Å². The minimum Gasteiger partial charge on any atom is -0.476 e. The van der Waals surface area contributed by atoms with Crippen LogP contribution in [0.5, 0.6) is 11.8 Å². The van der Waals surface area contributed by atoms with Gasteiger partial charge in [0.25, 0.3) is 5.91 Å². The minimum atomic E-state index is -4.45. The second kappa shape index (κ2) is 22.4. The van der Waals surface area contributed by atoms with Crippen LogP contribution in [0.2, 0.25) is 0 Å². The van der Waals surface area contributed by atoms with E-state index in [4.69, 9.17) is 9.47 Å². The standard InChI is InChI=1S/C25H21F3N4O2.C14H12N2O2.C11H13F3N2O.CH4.H2/c26-25(27,28)18-11-12-21(29-15-18)34-16-19-9-6-13-31(19)24(33)22-20-10-4-5-14-32(20)30-23(22)17-7-2-1-3-8-17;17-14(18)12-11-8-4-5-9-16(11)15-13(12)10-6-2-1-3-7-10;12-11(13,14)8-3-4-10(16-6-8)17-7-9-2-1-5-15-9;;/h1-5,7-8,10-12,14-15,19H,6,9,13,16H2;1-9,14,17-18H;3-4,6,9,15H,1-2,5,7H2;1H4;1H/t19-;;9-;;/m0.0../s1. The van der Waals surface area contributed by atoms with Gasteiger partial charge in [0.2, 0.25) is 11.8 Å². The summed E-state index contributed by atoms with van der Waals surface area (Å²) in [5, 5.41) is 31.4. The van der Waals surface area contributed by atoms with Gasteiger partial charge >= 0.3 is 12.4 Å². The van der Waals surface area contributed by atoms with Crippen LogP contribution in [-0.4, -0.2) is 88.6 Å². The summed E-state index contributed by atoms with van der Waals surface area (Å²) in [6.07, 6.45) is -1.55. The Hall–Kier alpha value is -7.35. The third kappa shape index (κ3) is 12.1. The molecule has 0 bridgehead atoms. The second-order valence-electron chi connectivity index (χ2n) is 16.1. The topological polar surface area (TPSA) is 152 Å². The first-order valence-corrected chi connectivity index (χ1v) is 22.0. The van der Waals surface area contributed by atoms with Gasteiger partial charge in [-0.15, -0.1) is 0 Å². The Morgan fingerprint density at radius 3 is 1.73 bits per heavy atom. The Balaban J connectivity index is 0.000000189. The summed E-state index contributed by atoms with van der Waals surface area (Å²) < 4.78 is 89.4. The summed E-state index contributed by atoms with van der Waals surface area (Å²) in [7, 11) is 0. The molecule has 13 nitrogen and oxygen atoms in total. The number of aliphatic hydroxyl groups is 2. The predicted octanol–water partition coefficient (Wildman–Crippen LogP) is 10.2. The normalized spacial score (nSPS) is 15.8. The lowest BCUT2D eigenvalue weighted by Gasteiger charge is -2.25. The lowest BCUT2D eigenvalue weighted by atomic mass is 10.1. The largest absolute Gasteiger partial charge is 0.476 e. The van der Waals surface area contributed by atoms with Crippen LogP contribution in [0.3, 0.4) is 0 Å². The van der Waals surface area contributed by atoms with Crippen molar-refractivity contribution in [2.45, 2.75) is 63.8 Å². The molecule has 8 heterocycles. The van der Waals surface area contributed by atoms with E-state index >= 15 is 0 Å². The smallest absolute Gasteiger partial charge is 0.417 e. The molecule has 19 heteroatoms. The van der Waals surface area contributed by atoms with E-state index in [9.17, 15) is 41.4 Å². The van der Waals surface area contributed by atoms with Crippen LogP contribution in [-0.2, 0) is 12.4 Å². The van der Waals surface area contributed by atoms with Crippen molar-refractivity contribution in [1.82, 2.24) is 39.4 Å². The number of hydrogen-bond donors (Lipinski definition) is 3. The number of hydrogen-bond acceptors (Lipinski definition) is 10. The number of carbonyl (C=O) groups excluding carboxylic acids is 1. The lowest BCUT2D eigenvalue weighted by molar-refractivity contribution is -0.138. The van der Waals surface area contributed by atoms with Crippen LogP contribution < -0.4 is 14.8 Å². The first-order valence-electron chi connectivity index (χ1n) is 22.0. The summed E-state index contributed by atoms with van der Waals surface area (Å²) >= 11 is 0. The van der Waals surface area contributed by atoms with Crippen LogP contribution in [0.1, 0.15) is 67.9 Å². The number of benzene rings is 2. The van der Waals surface area contributed by atoms with E-state index in [2.05, 4.69) is 25.5 Å². The van der Waals surface area contributed by atoms with Crippen molar-refractivity contribution in [3.63, 3.8) is 0 Å². The number of likely N-dealkylation sites (tertiary alicyclic amines) is 1. The van der Waals surface area contributed by atoms with E-state index in [0.29, 0.717) is 46.7 Å². The van der Waals surface area contributed by atoms with Gasteiger partial charge in [-0.2, -0.15) is 36.5 Å². The molecule has 70 heavy (non-hydrogen) atoms. The highest BCUT2D eigenvalue weighted by Crippen LogP contribution is 2.33. The monoisotopic (exact) mass is 970 g/mol. The van der Waals surface area contributed by atoms with Crippen molar-refractivity contribution >= 4 is 16.9 Å². The van der Waals surface area contributed by atoms with Gasteiger partial charge in [-0.1, -0.05) is 80.2 Å². The maximum atomic E-state index is 13.8. The summed E-state index contributed by atoms with van der Waals surface area (Å²) in [6, 6.07) is 34.5. The number of halogens is 6. The van der Waals surface area contributed by atoms with E-state index < -0.39 is 29.8 Å². The predicted molar refractivity (Wildman–Crippen MR) is 252 cm³/mol. The fraction of sp³-hybridized carbons (Fsp3) is 0.275. The third-order valence-corrected chi connectivity index (χ3v) is 11.5. The quantitative estimate of drug-likeness (QED) is 0.0892. The second-order valence-corrected chi connectivity index (χ2v) is 16.1. The zero-order valence-electron chi connectivity index (χ0n) is 36.8. The van der Waals surface area contributed by atoms with Gasteiger partial charge in [-0.05, 0) is 68.6 Å². The van der Waals surface area contributed by atoms with Crippen LogP contribution in [0.4, 0.5) is 26.3 Å². The Kier molecular flexibility index (Phi) is 16.2. The molecule has 0 unspecified atom stereocenters. The molecule has 2 aliphatic heterocycles. The van der Waals surface area contributed by atoms with Crippen molar-refractivity contribution in [3.05, 3.63) is 168 Å². The van der Waals surface area contributed by atoms with Crippen molar-refractivity contribution in [1.29, 1.82) is 0 Å². The number of amides is 1. The lowest BCUT2D eigenvalue weighted by Crippen LogP contribution is -2.39. The molecule has 10 rings (SSSR count). The highest BCUT2D eigenvalue weighted by Gasteiger charge is 2.35. The summed E-state index contributed by atoms with van der Waals surface area (Å²) in [6.45, 7) is 2.11. The highest BCUT2D eigenvalue weighted by atomic mass is 19.4. The number of carbonyl (C=O) groups is 1. The zero-order valence-corrected chi connectivity index (χ0v) is 36.8. The average Bonchev–Trinajstić information content (AvgIpc) is 4.20. The van der Waals surface area contributed by atoms with Gasteiger partial charge in [-0.3, -0.25) is 4.79 Å². The van der Waals surface area contributed by atoms with Gasteiger partial charge in [0.15, 0.2) is 6.29 Å². The fourth-order valence-electron chi connectivity index (χ4n) is 8.04. The summed E-state index contributed by atoms with van der Waals surface area (Å²) in [5.74, 6) is 0.173. The number of rotatable bonds is 10. The number of nitrogens with zero attached hydrogens (tertiary/aromatic N) is 7. The molecular weight excluding hydrogens is 919 g/mol. The molecule has 8 aromatic rings. The van der Waals surface area contributed by atoms with Gasteiger partial charge in [0.1, 0.15) is 24.6 Å². The Morgan fingerprint density at radius 2 is 1.20 bits per heavy atom. The molecule has 0 spiro atoms. The molecule has 2 fully saturated rings. The average molecular weight is 971 g/mol. The molecule has 6 aromatic heterocycles. The fourth-order valence-corrected chi connectivity index (χ4v) is 8.04. The van der Waals surface area contributed by atoms with Gasteiger partial charge in [-0.25, -0.2) is 19.0 Å². The van der Waals surface area contributed by atoms with Crippen molar-refractivity contribution in [2.24, 2.45) is 0 Å². The maximum absolute atomic E-state index is 13.8. The molecule has 0 saturated carbocycles. The van der Waals surface area contributed by atoms with Crippen molar-refractivity contribution in [2.75, 3.05) is 26.3 Å². The summed E-state index contributed by atoms with van der Waals surface area (Å²) in [4.78, 5) is 22.9. The van der Waals surface area contributed by atoms with Gasteiger partial charge < -0.3 is 29.9 Å². The Labute approximate surface area is 400 Å². The first-order chi connectivity index (χ1) is 33.2. The molecule has 3 N–H and O–H groups in total. The van der Waals surface area contributed by atoms with Crippen molar-refractivity contribution < 1.29 is 52.3 Å². The van der Waals surface area contributed by atoms with E-state index in [1.165, 1.54) is 12.1 Å². The molecule has 2 saturated heterocycles. The molecule has 2 atom stereocenters. The van der Waals surface area contributed by atoms with Crippen LogP contribution in [0.15, 0.2) is 146 Å². The number of aliphatic hydroxyl groups excluding tert-OH is 1. The zero-order chi connectivity index (χ0) is 48.5. The molecule has 368 valence electrons. The molecule has 0 radical (unpaired) electrons. The molecule has 2 aromatic carbocycles. The van der Waals surface area contributed by atoms with Gasteiger partial charge in [0.05, 0.1) is 39.3 Å².